The van der Waals surface area contributed by atoms with Crippen molar-refractivity contribution >= 4 is 21.6 Å². The lowest BCUT2D eigenvalue weighted by Gasteiger charge is -2.21. The number of aryl methyl sites for hydroxylation is 1. The number of hydrogen-bond donors (Lipinski definition) is 2. The second-order valence-corrected chi connectivity index (χ2v) is 11.1. The molecule has 172 valence electrons. The molecule has 0 spiro atoms. The van der Waals surface area contributed by atoms with Crippen molar-refractivity contribution in [1.82, 2.24) is 10.3 Å². The molecule has 1 aliphatic heterocycles. The minimum Gasteiger partial charge on any atom is -0.508 e. The zero-order valence-corrected chi connectivity index (χ0v) is 19.9. The summed E-state index contributed by atoms with van der Waals surface area (Å²) in [5.74, 6) is 0.214. The van der Waals surface area contributed by atoms with Crippen molar-refractivity contribution in [3.8, 4) is 17.0 Å². The topological polar surface area (TPSA) is 99.6 Å². The van der Waals surface area contributed by atoms with E-state index in [1.165, 1.54) is 6.26 Å². The number of nitrogens with one attached hydrogen (secondary N) is 1. The predicted molar refractivity (Wildman–Crippen MR) is 128 cm³/mol. The van der Waals surface area contributed by atoms with Crippen molar-refractivity contribution < 1.29 is 18.3 Å². The SMILES string of the molecule is Cc1cc(O)ccc1-c1cc2c(cn1)N(C(=O)NCc1ccc(S(C)(=O)=O)cc1)CC2(C)C. The number of nitrogens with zero attached hydrogens (tertiary/aromatic N) is 2. The Labute approximate surface area is 194 Å². The standard InChI is InChI=1S/C25H27N3O4S/c1-16-11-18(29)7-10-20(16)22-12-21-23(14-26-22)28(15-25(21,2)3)24(30)27-13-17-5-8-19(9-6-17)33(4,31)32/h5-12,14,29H,13,15H2,1-4H3,(H,27,30). The Morgan fingerprint density at radius 2 is 1.85 bits per heavy atom. The Morgan fingerprint density at radius 3 is 2.48 bits per heavy atom. The van der Waals surface area contributed by atoms with E-state index >= 15 is 0 Å². The van der Waals surface area contributed by atoms with Crippen LogP contribution in [-0.2, 0) is 21.8 Å². The van der Waals surface area contributed by atoms with Crippen molar-refractivity contribution in [3.05, 3.63) is 71.4 Å². The molecular formula is C25H27N3O4S. The van der Waals surface area contributed by atoms with Crippen LogP contribution in [0.25, 0.3) is 11.3 Å². The number of carbonyl (C=O) groups is 1. The highest BCUT2D eigenvalue weighted by molar-refractivity contribution is 7.90. The molecule has 0 atom stereocenters. The summed E-state index contributed by atoms with van der Waals surface area (Å²) in [5, 5.41) is 12.6. The van der Waals surface area contributed by atoms with E-state index in [1.807, 2.05) is 19.1 Å². The van der Waals surface area contributed by atoms with Crippen LogP contribution < -0.4 is 10.2 Å². The molecule has 0 radical (unpaired) electrons. The fourth-order valence-corrected chi connectivity index (χ4v) is 4.79. The average molecular weight is 466 g/mol. The highest BCUT2D eigenvalue weighted by Crippen LogP contribution is 2.42. The lowest BCUT2D eigenvalue weighted by molar-refractivity contribution is 0.245. The minimum absolute atomic E-state index is 0.214. The second-order valence-electron chi connectivity index (χ2n) is 9.13. The molecule has 2 aromatic carbocycles. The molecule has 33 heavy (non-hydrogen) atoms. The predicted octanol–water partition coefficient (Wildman–Crippen LogP) is 4.17. The van der Waals surface area contributed by atoms with Crippen molar-refractivity contribution in [3.63, 3.8) is 0 Å². The molecule has 4 rings (SSSR count). The van der Waals surface area contributed by atoms with Gasteiger partial charge < -0.3 is 10.4 Å². The first-order chi connectivity index (χ1) is 15.5. The number of benzene rings is 2. The molecule has 0 fully saturated rings. The second kappa shape index (κ2) is 8.19. The molecule has 7 nitrogen and oxygen atoms in total. The van der Waals surface area contributed by atoms with Gasteiger partial charge in [0.15, 0.2) is 9.84 Å². The van der Waals surface area contributed by atoms with Crippen LogP contribution in [-0.4, -0.2) is 37.3 Å². The molecule has 2 amide bonds. The Balaban J connectivity index is 1.54. The van der Waals surface area contributed by atoms with Crippen molar-refractivity contribution in [2.45, 2.75) is 37.6 Å². The Hall–Kier alpha value is -3.39. The number of pyridine rings is 1. The van der Waals surface area contributed by atoms with Gasteiger partial charge in [0.1, 0.15) is 5.75 Å². The molecule has 2 N–H and O–H groups in total. The lowest BCUT2D eigenvalue weighted by Crippen LogP contribution is -2.41. The van der Waals surface area contributed by atoms with Crippen LogP contribution >= 0.6 is 0 Å². The summed E-state index contributed by atoms with van der Waals surface area (Å²) in [4.78, 5) is 19.5. The van der Waals surface area contributed by atoms with Crippen LogP contribution in [0.3, 0.4) is 0 Å². The van der Waals surface area contributed by atoms with Crippen molar-refractivity contribution in [2.24, 2.45) is 0 Å². The van der Waals surface area contributed by atoms with Gasteiger partial charge >= 0.3 is 6.03 Å². The molecule has 0 aliphatic carbocycles. The molecule has 8 heteroatoms. The zero-order valence-electron chi connectivity index (χ0n) is 19.1. The number of aromatic hydroxyl groups is 1. The van der Waals surface area contributed by atoms with Gasteiger partial charge in [-0.25, -0.2) is 13.2 Å². The van der Waals surface area contributed by atoms with Crippen LogP contribution in [0.5, 0.6) is 5.75 Å². The molecule has 3 aromatic rings. The van der Waals surface area contributed by atoms with Gasteiger partial charge in [0.2, 0.25) is 0 Å². The number of urea groups is 1. The maximum atomic E-state index is 13.0. The summed E-state index contributed by atoms with van der Waals surface area (Å²) in [7, 11) is -3.25. The number of phenols is 1. The maximum absolute atomic E-state index is 13.0. The summed E-state index contributed by atoms with van der Waals surface area (Å²) in [6, 6.07) is 13.5. The summed E-state index contributed by atoms with van der Waals surface area (Å²) in [6.07, 6.45) is 2.89. The minimum atomic E-state index is -3.25. The molecule has 1 aromatic heterocycles. The van der Waals surface area contributed by atoms with Crippen molar-refractivity contribution in [2.75, 3.05) is 17.7 Å². The first kappa shape index (κ1) is 22.8. The van der Waals surface area contributed by atoms with Gasteiger partial charge in [-0.05, 0) is 60.0 Å². The Morgan fingerprint density at radius 1 is 1.15 bits per heavy atom. The number of rotatable bonds is 4. The van der Waals surface area contributed by atoms with E-state index < -0.39 is 9.84 Å². The van der Waals surface area contributed by atoms with E-state index in [9.17, 15) is 18.3 Å². The number of hydrogen-bond acceptors (Lipinski definition) is 5. The average Bonchev–Trinajstić information content (AvgIpc) is 3.02. The number of carbonyl (C=O) groups excluding carboxylic acids is 1. The van der Waals surface area contributed by atoms with Crippen LogP contribution in [0.2, 0.25) is 0 Å². The third kappa shape index (κ3) is 4.57. The number of aromatic nitrogens is 1. The highest BCUT2D eigenvalue weighted by Gasteiger charge is 2.38. The molecule has 0 saturated heterocycles. The first-order valence-electron chi connectivity index (χ1n) is 10.6. The number of phenolic OH excluding ortho intramolecular Hbond substituents is 1. The van der Waals surface area contributed by atoms with E-state index in [0.29, 0.717) is 6.54 Å². The van der Waals surface area contributed by atoms with Gasteiger partial charge in [-0.2, -0.15) is 0 Å². The molecular weight excluding hydrogens is 438 g/mol. The van der Waals surface area contributed by atoms with Gasteiger partial charge in [0.25, 0.3) is 0 Å². The summed E-state index contributed by atoms with van der Waals surface area (Å²) < 4.78 is 23.2. The smallest absolute Gasteiger partial charge is 0.322 e. The normalized spacial score (nSPS) is 14.7. The molecule has 0 saturated carbocycles. The van der Waals surface area contributed by atoms with E-state index in [-0.39, 0.29) is 28.6 Å². The third-order valence-corrected chi connectivity index (χ3v) is 7.11. The zero-order chi connectivity index (χ0) is 24.0. The van der Waals surface area contributed by atoms with E-state index in [1.54, 1.807) is 47.5 Å². The fourth-order valence-electron chi connectivity index (χ4n) is 4.16. The van der Waals surface area contributed by atoms with Crippen LogP contribution in [0.15, 0.2) is 59.6 Å². The molecule has 0 bridgehead atoms. The van der Waals surface area contributed by atoms with Gasteiger partial charge in [0, 0.05) is 30.3 Å². The van der Waals surface area contributed by atoms with Gasteiger partial charge in [-0.3, -0.25) is 9.88 Å². The maximum Gasteiger partial charge on any atom is 0.322 e. The van der Waals surface area contributed by atoms with Gasteiger partial charge in [0.05, 0.1) is 22.5 Å². The number of anilines is 1. The Bertz CT molecular complexity index is 1330. The number of amides is 2. The highest BCUT2D eigenvalue weighted by atomic mass is 32.2. The summed E-state index contributed by atoms with van der Waals surface area (Å²) >= 11 is 0. The molecule has 1 aliphatic rings. The largest absolute Gasteiger partial charge is 0.508 e. The number of sulfone groups is 1. The Kier molecular flexibility index (Phi) is 5.66. The van der Waals surface area contributed by atoms with E-state index in [4.69, 9.17) is 0 Å². The molecule has 2 heterocycles. The lowest BCUT2D eigenvalue weighted by atomic mass is 9.86. The molecule has 0 unspecified atom stereocenters. The summed E-state index contributed by atoms with van der Waals surface area (Å²) in [5.41, 5.74) is 5.02. The van der Waals surface area contributed by atoms with E-state index in [0.717, 1.165) is 33.6 Å². The monoisotopic (exact) mass is 465 g/mol. The van der Waals surface area contributed by atoms with Gasteiger partial charge in [-0.15, -0.1) is 0 Å². The van der Waals surface area contributed by atoms with Gasteiger partial charge in [-0.1, -0.05) is 26.0 Å². The van der Waals surface area contributed by atoms with Crippen LogP contribution in [0.4, 0.5) is 10.5 Å². The van der Waals surface area contributed by atoms with Crippen molar-refractivity contribution in [1.29, 1.82) is 0 Å². The fraction of sp³-hybridized carbons (Fsp3) is 0.280. The first-order valence-corrected chi connectivity index (χ1v) is 12.5. The van der Waals surface area contributed by atoms with E-state index in [2.05, 4.69) is 24.1 Å². The number of fused-ring (bicyclic) bond motifs is 1. The quantitative estimate of drug-likeness (QED) is 0.602. The third-order valence-electron chi connectivity index (χ3n) is 5.98. The van der Waals surface area contributed by atoms with Crippen LogP contribution in [0.1, 0.15) is 30.5 Å². The summed E-state index contributed by atoms with van der Waals surface area (Å²) in [6.45, 7) is 6.92. The van der Waals surface area contributed by atoms with Crippen LogP contribution in [0, 0.1) is 6.92 Å².